The molecule has 0 N–H and O–H groups in total. The molecule has 126 valence electrons. The first kappa shape index (κ1) is 17.0. The molecule has 1 aliphatic rings. The van der Waals surface area contributed by atoms with Crippen LogP contribution in [0, 0.1) is 10.1 Å². The van der Waals surface area contributed by atoms with Crippen LogP contribution in [0.25, 0.3) is 0 Å². The first-order valence-electron chi connectivity index (χ1n) is 7.21. The molecule has 0 unspecified atom stereocenters. The molecule has 1 saturated heterocycles. The normalized spacial score (nSPS) is 17.9. The van der Waals surface area contributed by atoms with Crippen LogP contribution < -0.4 is 4.74 Å². The lowest BCUT2D eigenvalue weighted by molar-refractivity contribution is -0.384. The molecule has 1 amide bonds. The van der Waals surface area contributed by atoms with Crippen molar-refractivity contribution in [1.82, 2.24) is 4.90 Å². The molecule has 8 heteroatoms. The van der Waals surface area contributed by atoms with Crippen LogP contribution in [0.5, 0.6) is 5.75 Å². The largest absolute Gasteiger partial charge is 0.491 e. The topological polar surface area (TPSA) is 91.1 Å². The number of nitro benzene ring substituents is 1. The molecule has 0 spiro atoms. The van der Waals surface area contributed by atoms with E-state index >= 15 is 0 Å². The number of carbonyl (C=O) groups is 1. The summed E-state index contributed by atoms with van der Waals surface area (Å²) in [5.41, 5.74) is -0.583. The van der Waals surface area contributed by atoms with Crippen LogP contribution in [0.1, 0.15) is 20.8 Å². The highest BCUT2D eigenvalue weighted by molar-refractivity contribution is 5.68. The Kier molecular flexibility index (Phi) is 5.05. The Morgan fingerprint density at radius 2 is 2.04 bits per heavy atom. The molecule has 8 nitrogen and oxygen atoms in total. The predicted octanol–water partition coefficient (Wildman–Crippen LogP) is 2.57. The first-order valence-corrected chi connectivity index (χ1v) is 7.21. The van der Waals surface area contributed by atoms with E-state index in [1.807, 2.05) is 0 Å². The summed E-state index contributed by atoms with van der Waals surface area (Å²) in [6.45, 7) is 6.12. The van der Waals surface area contributed by atoms with Crippen LogP contribution in [-0.2, 0) is 9.47 Å². The fourth-order valence-electron chi connectivity index (χ4n) is 2.00. The van der Waals surface area contributed by atoms with E-state index in [1.54, 1.807) is 20.8 Å². The zero-order chi connectivity index (χ0) is 17.0. The molecule has 23 heavy (non-hydrogen) atoms. The number of amides is 1. The van der Waals surface area contributed by atoms with Gasteiger partial charge in [0.2, 0.25) is 0 Å². The summed E-state index contributed by atoms with van der Waals surface area (Å²) in [6, 6.07) is 5.51. The Morgan fingerprint density at radius 3 is 2.61 bits per heavy atom. The van der Waals surface area contributed by atoms with E-state index in [0.717, 1.165) is 0 Å². The molecule has 1 atom stereocenters. The molecule has 0 aromatic heterocycles. The van der Waals surface area contributed by atoms with Gasteiger partial charge >= 0.3 is 6.09 Å². The number of rotatable bonds is 4. The maximum atomic E-state index is 12.1. The smallest absolute Gasteiger partial charge is 0.412 e. The van der Waals surface area contributed by atoms with Crippen LogP contribution in [0.15, 0.2) is 24.3 Å². The minimum Gasteiger partial charge on any atom is -0.491 e. The van der Waals surface area contributed by atoms with Crippen molar-refractivity contribution in [2.75, 3.05) is 19.9 Å². The van der Waals surface area contributed by atoms with Crippen LogP contribution in [0.3, 0.4) is 0 Å². The maximum Gasteiger partial charge on any atom is 0.412 e. The average Bonchev–Trinajstić information content (AvgIpc) is 2.92. The number of nitrogens with zero attached hydrogens (tertiary/aromatic N) is 2. The lowest BCUT2D eigenvalue weighted by atomic mass is 10.2. The van der Waals surface area contributed by atoms with Gasteiger partial charge in [-0.25, -0.2) is 4.79 Å². The summed E-state index contributed by atoms with van der Waals surface area (Å²) in [5.74, 6) is 0.492. The van der Waals surface area contributed by atoms with Gasteiger partial charge in [0, 0.05) is 12.1 Å². The number of ether oxygens (including phenoxy) is 3. The molecule has 1 aromatic carbocycles. The molecule has 1 heterocycles. The molecule has 1 aliphatic heterocycles. The summed E-state index contributed by atoms with van der Waals surface area (Å²) in [7, 11) is 0. The van der Waals surface area contributed by atoms with E-state index in [4.69, 9.17) is 14.2 Å². The van der Waals surface area contributed by atoms with Crippen LogP contribution in [0.2, 0.25) is 0 Å². The number of benzene rings is 1. The van der Waals surface area contributed by atoms with Crippen molar-refractivity contribution in [1.29, 1.82) is 0 Å². The molecule has 1 aromatic rings. The second kappa shape index (κ2) is 6.82. The van der Waals surface area contributed by atoms with Gasteiger partial charge in [-0.1, -0.05) is 0 Å². The number of hydrogen-bond acceptors (Lipinski definition) is 6. The molecule has 0 aliphatic carbocycles. The SMILES string of the molecule is CC(C)(C)OC(=O)N1COC[C@@H]1COc1ccc([N+](=O)[O-])cc1. The predicted molar refractivity (Wildman–Crippen MR) is 81.3 cm³/mol. The summed E-state index contributed by atoms with van der Waals surface area (Å²) in [4.78, 5) is 23.7. The van der Waals surface area contributed by atoms with Crippen LogP contribution in [-0.4, -0.2) is 47.5 Å². The standard InChI is InChI=1S/C15H20N2O6/c1-15(2,3)23-14(18)16-10-21-8-12(16)9-22-13-6-4-11(5-7-13)17(19)20/h4-7,12H,8-10H2,1-3H3/t12-/m1/s1. The summed E-state index contributed by atoms with van der Waals surface area (Å²) < 4.78 is 16.2. The van der Waals surface area contributed by atoms with Crippen molar-refractivity contribution in [3.05, 3.63) is 34.4 Å². The quantitative estimate of drug-likeness (QED) is 0.624. The van der Waals surface area contributed by atoms with Gasteiger partial charge in [0.05, 0.1) is 17.6 Å². The Balaban J connectivity index is 1.91. The van der Waals surface area contributed by atoms with Gasteiger partial charge in [-0.15, -0.1) is 0 Å². The van der Waals surface area contributed by atoms with Crippen molar-refractivity contribution >= 4 is 11.8 Å². The summed E-state index contributed by atoms with van der Waals surface area (Å²) in [6.07, 6.45) is -0.452. The monoisotopic (exact) mass is 324 g/mol. The third-order valence-electron chi connectivity index (χ3n) is 3.10. The van der Waals surface area contributed by atoms with Crippen molar-refractivity contribution in [2.45, 2.75) is 32.4 Å². The van der Waals surface area contributed by atoms with Gasteiger partial charge < -0.3 is 14.2 Å². The lowest BCUT2D eigenvalue weighted by Gasteiger charge is -2.27. The van der Waals surface area contributed by atoms with Crippen molar-refractivity contribution < 1.29 is 23.9 Å². The van der Waals surface area contributed by atoms with Crippen molar-refractivity contribution in [2.24, 2.45) is 0 Å². The lowest BCUT2D eigenvalue weighted by Crippen LogP contribution is -2.43. The Hall–Kier alpha value is -2.35. The van der Waals surface area contributed by atoms with Gasteiger partial charge in [-0.3, -0.25) is 15.0 Å². The molecule has 0 saturated carbocycles. The van der Waals surface area contributed by atoms with E-state index in [2.05, 4.69) is 0 Å². The van der Waals surface area contributed by atoms with Crippen molar-refractivity contribution in [3.63, 3.8) is 0 Å². The molecule has 0 radical (unpaired) electrons. The Morgan fingerprint density at radius 1 is 1.39 bits per heavy atom. The van der Waals surface area contributed by atoms with E-state index < -0.39 is 16.6 Å². The molecule has 2 rings (SSSR count). The van der Waals surface area contributed by atoms with E-state index in [1.165, 1.54) is 29.2 Å². The fourth-order valence-corrected chi connectivity index (χ4v) is 2.00. The molecule has 0 bridgehead atoms. The zero-order valence-electron chi connectivity index (χ0n) is 13.4. The van der Waals surface area contributed by atoms with Crippen LogP contribution >= 0.6 is 0 Å². The van der Waals surface area contributed by atoms with Gasteiger partial charge in [0.15, 0.2) is 0 Å². The Labute approximate surface area is 134 Å². The first-order chi connectivity index (χ1) is 10.8. The number of non-ortho nitro benzene ring substituents is 1. The van der Waals surface area contributed by atoms with Crippen LogP contribution in [0.4, 0.5) is 10.5 Å². The molecular formula is C15H20N2O6. The maximum absolute atomic E-state index is 12.1. The second-order valence-corrected chi connectivity index (χ2v) is 6.17. The molecule has 1 fully saturated rings. The van der Waals surface area contributed by atoms with E-state index in [0.29, 0.717) is 12.4 Å². The molecular weight excluding hydrogens is 304 g/mol. The third kappa shape index (κ3) is 4.82. The number of carbonyl (C=O) groups excluding carboxylic acids is 1. The highest BCUT2D eigenvalue weighted by atomic mass is 16.6. The van der Waals surface area contributed by atoms with E-state index in [9.17, 15) is 14.9 Å². The average molecular weight is 324 g/mol. The van der Waals surface area contributed by atoms with Gasteiger partial charge in [0.1, 0.15) is 24.7 Å². The zero-order valence-corrected chi connectivity index (χ0v) is 13.4. The van der Waals surface area contributed by atoms with Crippen molar-refractivity contribution in [3.8, 4) is 5.75 Å². The Bertz CT molecular complexity index is 566. The minimum atomic E-state index is -0.580. The highest BCUT2D eigenvalue weighted by Gasteiger charge is 2.33. The number of hydrogen-bond donors (Lipinski definition) is 0. The van der Waals surface area contributed by atoms with Gasteiger partial charge in [0.25, 0.3) is 5.69 Å². The highest BCUT2D eigenvalue weighted by Crippen LogP contribution is 2.20. The summed E-state index contributed by atoms with van der Waals surface area (Å²) in [5, 5.41) is 10.6. The fraction of sp³-hybridized carbons (Fsp3) is 0.533. The number of nitro groups is 1. The minimum absolute atomic E-state index is 0.00284. The third-order valence-corrected chi connectivity index (χ3v) is 3.10. The second-order valence-electron chi connectivity index (χ2n) is 6.17. The van der Waals surface area contributed by atoms with E-state index in [-0.39, 0.29) is 25.1 Å². The summed E-state index contributed by atoms with van der Waals surface area (Å²) >= 11 is 0. The van der Waals surface area contributed by atoms with Gasteiger partial charge in [-0.05, 0) is 32.9 Å². The van der Waals surface area contributed by atoms with Gasteiger partial charge in [-0.2, -0.15) is 0 Å².